The third-order valence-electron chi connectivity index (χ3n) is 2.97. The molecule has 0 aliphatic heterocycles. The minimum atomic E-state index is -0.478. The minimum absolute atomic E-state index is 0.402. The molecule has 0 saturated heterocycles. The highest BCUT2D eigenvalue weighted by molar-refractivity contribution is 5.90. The van der Waals surface area contributed by atoms with E-state index in [1.807, 2.05) is 52.0 Å². The summed E-state index contributed by atoms with van der Waals surface area (Å²) >= 11 is 0. The van der Waals surface area contributed by atoms with Gasteiger partial charge in [-0.25, -0.2) is 4.79 Å². The molecule has 0 unspecified atom stereocenters. The van der Waals surface area contributed by atoms with Crippen LogP contribution in [-0.2, 0) is 4.74 Å². The number of hydrogen-bond donors (Lipinski definition) is 2. The fraction of sp³-hybridized carbons (Fsp3) is 0.412. The molecule has 0 bridgehead atoms. The first-order valence-corrected chi connectivity index (χ1v) is 7.42. The average Bonchev–Trinajstić information content (AvgIpc) is 2.42. The van der Waals surface area contributed by atoms with E-state index in [-0.39, 0.29) is 0 Å². The molecule has 1 amide bonds. The zero-order valence-electron chi connectivity index (χ0n) is 13.6. The van der Waals surface area contributed by atoms with E-state index in [0.29, 0.717) is 13.1 Å². The Kier molecular flexibility index (Phi) is 4.85. The monoisotopic (exact) mass is 301 g/mol. The molecular formula is C17H23N3O2. The molecule has 118 valence electrons. The van der Waals surface area contributed by atoms with Crippen LogP contribution in [0.1, 0.15) is 26.5 Å². The molecule has 0 saturated carbocycles. The normalized spacial score (nSPS) is 11.3. The summed E-state index contributed by atoms with van der Waals surface area (Å²) in [5.74, 6) is 0. The summed E-state index contributed by atoms with van der Waals surface area (Å²) in [6.07, 6.45) is -0.402. The SMILES string of the molecule is Cc1ccc2cccc(NCCNC(=O)OC(C)(C)C)c2n1. The number of rotatable bonds is 4. The molecule has 2 aromatic rings. The van der Waals surface area contributed by atoms with Gasteiger partial charge >= 0.3 is 6.09 Å². The van der Waals surface area contributed by atoms with Crippen molar-refractivity contribution in [3.05, 3.63) is 36.0 Å². The molecule has 1 heterocycles. The number of anilines is 1. The van der Waals surface area contributed by atoms with E-state index in [2.05, 4.69) is 21.7 Å². The lowest BCUT2D eigenvalue weighted by atomic mass is 10.2. The lowest BCUT2D eigenvalue weighted by molar-refractivity contribution is 0.0530. The van der Waals surface area contributed by atoms with E-state index in [1.54, 1.807) is 0 Å². The van der Waals surface area contributed by atoms with Crippen LogP contribution in [0.4, 0.5) is 10.5 Å². The number of para-hydroxylation sites is 1. The van der Waals surface area contributed by atoms with Crippen molar-refractivity contribution in [2.75, 3.05) is 18.4 Å². The summed E-state index contributed by atoms with van der Waals surface area (Å²) in [6.45, 7) is 8.59. The number of aryl methyl sites for hydroxylation is 1. The summed E-state index contributed by atoms with van der Waals surface area (Å²) in [5, 5.41) is 7.12. The third-order valence-corrected chi connectivity index (χ3v) is 2.97. The van der Waals surface area contributed by atoms with Crippen LogP contribution in [0.3, 0.4) is 0 Å². The Balaban J connectivity index is 1.90. The number of pyridine rings is 1. The number of aromatic nitrogens is 1. The van der Waals surface area contributed by atoms with Crippen LogP contribution in [0.5, 0.6) is 0 Å². The standard InChI is InChI=1S/C17H23N3O2/c1-12-8-9-13-6-5-7-14(15(13)20-12)18-10-11-19-16(21)22-17(2,3)4/h5-9,18H,10-11H2,1-4H3,(H,19,21). The van der Waals surface area contributed by atoms with E-state index >= 15 is 0 Å². The average molecular weight is 301 g/mol. The van der Waals surface area contributed by atoms with E-state index in [0.717, 1.165) is 22.3 Å². The summed E-state index contributed by atoms with van der Waals surface area (Å²) in [6, 6.07) is 10.1. The maximum atomic E-state index is 11.6. The van der Waals surface area contributed by atoms with Crippen LogP contribution in [-0.4, -0.2) is 29.8 Å². The van der Waals surface area contributed by atoms with Crippen molar-refractivity contribution >= 4 is 22.7 Å². The third kappa shape index (κ3) is 4.62. The summed E-state index contributed by atoms with van der Waals surface area (Å²) < 4.78 is 5.19. The summed E-state index contributed by atoms with van der Waals surface area (Å²) in [7, 11) is 0. The molecule has 1 aromatic heterocycles. The Morgan fingerprint density at radius 3 is 2.68 bits per heavy atom. The van der Waals surface area contributed by atoms with Crippen LogP contribution >= 0.6 is 0 Å². The lowest BCUT2D eigenvalue weighted by Crippen LogP contribution is -2.35. The molecule has 0 radical (unpaired) electrons. The van der Waals surface area contributed by atoms with Crippen LogP contribution in [0.25, 0.3) is 10.9 Å². The van der Waals surface area contributed by atoms with Crippen molar-refractivity contribution < 1.29 is 9.53 Å². The van der Waals surface area contributed by atoms with Gasteiger partial charge in [0.25, 0.3) is 0 Å². The number of nitrogens with one attached hydrogen (secondary N) is 2. The lowest BCUT2D eigenvalue weighted by Gasteiger charge is -2.19. The number of carbonyl (C=O) groups is 1. The van der Waals surface area contributed by atoms with Crippen molar-refractivity contribution in [1.29, 1.82) is 0 Å². The Hall–Kier alpha value is -2.30. The van der Waals surface area contributed by atoms with Crippen molar-refractivity contribution in [3.63, 3.8) is 0 Å². The number of carbonyl (C=O) groups excluding carboxylic acids is 1. The fourth-order valence-electron chi connectivity index (χ4n) is 2.06. The second kappa shape index (κ2) is 6.64. The zero-order chi connectivity index (χ0) is 16.2. The molecule has 0 aliphatic carbocycles. The Labute approximate surface area is 131 Å². The number of ether oxygens (including phenoxy) is 1. The summed E-state index contributed by atoms with van der Waals surface area (Å²) in [5.41, 5.74) is 2.41. The van der Waals surface area contributed by atoms with Gasteiger partial charge in [-0.2, -0.15) is 0 Å². The maximum Gasteiger partial charge on any atom is 0.407 e. The maximum absolute atomic E-state index is 11.6. The fourth-order valence-corrected chi connectivity index (χ4v) is 2.06. The summed E-state index contributed by atoms with van der Waals surface area (Å²) in [4.78, 5) is 16.1. The van der Waals surface area contributed by atoms with E-state index < -0.39 is 11.7 Å². The van der Waals surface area contributed by atoms with E-state index in [9.17, 15) is 4.79 Å². The Bertz CT molecular complexity index is 662. The topological polar surface area (TPSA) is 63.2 Å². The van der Waals surface area contributed by atoms with Crippen LogP contribution < -0.4 is 10.6 Å². The van der Waals surface area contributed by atoms with Gasteiger partial charge in [-0.1, -0.05) is 18.2 Å². The highest BCUT2D eigenvalue weighted by Crippen LogP contribution is 2.21. The number of hydrogen-bond acceptors (Lipinski definition) is 4. The molecular weight excluding hydrogens is 278 g/mol. The molecule has 0 atom stereocenters. The largest absolute Gasteiger partial charge is 0.444 e. The first kappa shape index (κ1) is 16.1. The van der Waals surface area contributed by atoms with Crippen molar-refractivity contribution in [3.8, 4) is 0 Å². The number of benzene rings is 1. The van der Waals surface area contributed by atoms with Crippen molar-refractivity contribution in [1.82, 2.24) is 10.3 Å². The smallest absolute Gasteiger partial charge is 0.407 e. The number of amides is 1. The van der Waals surface area contributed by atoms with Crippen LogP contribution in [0.15, 0.2) is 30.3 Å². The first-order chi connectivity index (χ1) is 10.3. The molecule has 0 spiro atoms. The first-order valence-electron chi connectivity index (χ1n) is 7.42. The van der Waals surface area contributed by atoms with E-state index in [1.165, 1.54) is 0 Å². The van der Waals surface area contributed by atoms with E-state index in [4.69, 9.17) is 4.74 Å². The molecule has 0 aliphatic rings. The van der Waals surface area contributed by atoms with Gasteiger partial charge in [-0.3, -0.25) is 4.98 Å². The molecule has 22 heavy (non-hydrogen) atoms. The predicted molar refractivity (Wildman–Crippen MR) is 89.2 cm³/mol. The Morgan fingerprint density at radius 1 is 1.18 bits per heavy atom. The van der Waals surface area contributed by atoms with Gasteiger partial charge in [0.2, 0.25) is 0 Å². The van der Waals surface area contributed by atoms with Crippen molar-refractivity contribution in [2.24, 2.45) is 0 Å². The molecule has 2 N–H and O–H groups in total. The van der Waals surface area contributed by atoms with Gasteiger partial charge in [0.05, 0.1) is 11.2 Å². The van der Waals surface area contributed by atoms with Crippen LogP contribution in [0.2, 0.25) is 0 Å². The van der Waals surface area contributed by atoms with Crippen LogP contribution in [0, 0.1) is 6.92 Å². The Morgan fingerprint density at radius 2 is 1.95 bits per heavy atom. The van der Waals surface area contributed by atoms with Gasteiger partial charge < -0.3 is 15.4 Å². The highest BCUT2D eigenvalue weighted by atomic mass is 16.6. The second-order valence-corrected chi connectivity index (χ2v) is 6.19. The zero-order valence-corrected chi connectivity index (χ0v) is 13.6. The highest BCUT2D eigenvalue weighted by Gasteiger charge is 2.15. The quantitative estimate of drug-likeness (QED) is 0.849. The molecule has 0 fully saturated rings. The molecule has 5 nitrogen and oxygen atoms in total. The number of alkyl carbamates (subject to hydrolysis) is 1. The molecule has 2 rings (SSSR count). The molecule has 1 aromatic carbocycles. The van der Waals surface area contributed by atoms with Gasteiger partial charge in [-0.15, -0.1) is 0 Å². The second-order valence-electron chi connectivity index (χ2n) is 6.19. The van der Waals surface area contributed by atoms with Crippen molar-refractivity contribution in [2.45, 2.75) is 33.3 Å². The minimum Gasteiger partial charge on any atom is -0.444 e. The number of fused-ring (bicyclic) bond motifs is 1. The molecule has 5 heteroatoms. The predicted octanol–water partition coefficient (Wildman–Crippen LogP) is 3.48. The van der Waals surface area contributed by atoms with Gasteiger partial charge in [0.1, 0.15) is 5.60 Å². The van der Waals surface area contributed by atoms with Gasteiger partial charge in [-0.05, 0) is 39.8 Å². The van der Waals surface area contributed by atoms with Gasteiger partial charge in [0, 0.05) is 24.2 Å². The number of nitrogens with zero attached hydrogens (tertiary/aromatic N) is 1. The van der Waals surface area contributed by atoms with Gasteiger partial charge in [0.15, 0.2) is 0 Å².